The van der Waals surface area contributed by atoms with Gasteiger partial charge in [0.15, 0.2) is 6.61 Å². The number of ether oxygens (including phenoxy) is 1. The zero-order valence-electron chi connectivity index (χ0n) is 13.3. The SMILES string of the molecule is CCc1ccccc1NC(=O)COC(=O)/C=C/c1ccccc1Cl. The highest BCUT2D eigenvalue weighted by Gasteiger charge is 2.08. The van der Waals surface area contributed by atoms with Crippen molar-refractivity contribution in [3.8, 4) is 0 Å². The summed E-state index contributed by atoms with van der Waals surface area (Å²) >= 11 is 5.99. The third-order valence-corrected chi connectivity index (χ3v) is 3.67. The lowest BCUT2D eigenvalue weighted by molar-refractivity contribution is -0.142. The minimum atomic E-state index is -0.603. The first kappa shape index (κ1) is 17.8. The van der Waals surface area contributed by atoms with Crippen LogP contribution >= 0.6 is 11.6 Å². The summed E-state index contributed by atoms with van der Waals surface area (Å²) < 4.78 is 4.93. The van der Waals surface area contributed by atoms with E-state index >= 15 is 0 Å². The van der Waals surface area contributed by atoms with Crippen LogP contribution < -0.4 is 5.32 Å². The fourth-order valence-corrected chi connectivity index (χ4v) is 2.29. The van der Waals surface area contributed by atoms with Gasteiger partial charge in [0.05, 0.1) is 0 Å². The van der Waals surface area contributed by atoms with Crippen LogP contribution in [0.1, 0.15) is 18.1 Å². The number of hydrogen-bond acceptors (Lipinski definition) is 3. The Hall–Kier alpha value is -2.59. The monoisotopic (exact) mass is 343 g/mol. The van der Waals surface area contributed by atoms with E-state index in [1.54, 1.807) is 24.3 Å². The van der Waals surface area contributed by atoms with Gasteiger partial charge >= 0.3 is 5.97 Å². The lowest BCUT2D eigenvalue weighted by Crippen LogP contribution is -2.20. The Bertz CT molecular complexity index is 756. The molecule has 0 heterocycles. The van der Waals surface area contributed by atoms with Gasteiger partial charge in [0.25, 0.3) is 5.91 Å². The van der Waals surface area contributed by atoms with Crippen molar-refractivity contribution in [3.05, 3.63) is 70.8 Å². The van der Waals surface area contributed by atoms with Gasteiger partial charge < -0.3 is 10.1 Å². The Morgan fingerprint density at radius 3 is 2.58 bits per heavy atom. The Morgan fingerprint density at radius 2 is 1.83 bits per heavy atom. The molecule has 0 bridgehead atoms. The van der Waals surface area contributed by atoms with Crippen molar-refractivity contribution in [3.63, 3.8) is 0 Å². The van der Waals surface area contributed by atoms with Gasteiger partial charge in [-0.15, -0.1) is 0 Å². The third-order valence-electron chi connectivity index (χ3n) is 3.32. The fraction of sp³-hybridized carbons (Fsp3) is 0.158. The number of para-hydroxylation sites is 1. The van der Waals surface area contributed by atoms with Crippen molar-refractivity contribution >= 4 is 35.2 Å². The van der Waals surface area contributed by atoms with Gasteiger partial charge in [0, 0.05) is 16.8 Å². The average molecular weight is 344 g/mol. The maximum atomic E-state index is 11.9. The Kier molecular flexibility index (Phi) is 6.58. The number of carbonyl (C=O) groups excluding carboxylic acids is 2. The van der Waals surface area contributed by atoms with Crippen LogP contribution in [0.5, 0.6) is 0 Å². The van der Waals surface area contributed by atoms with Crippen molar-refractivity contribution in [2.75, 3.05) is 11.9 Å². The molecule has 0 saturated carbocycles. The number of aryl methyl sites for hydroxylation is 1. The number of hydrogen-bond donors (Lipinski definition) is 1. The minimum Gasteiger partial charge on any atom is -0.452 e. The highest BCUT2D eigenvalue weighted by molar-refractivity contribution is 6.32. The van der Waals surface area contributed by atoms with Crippen LogP contribution in [-0.2, 0) is 20.7 Å². The number of carbonyl (C=O) groups is 2. The lowest BCUT2D eigenvalue weighted by atomic mass is 10.1. The summed E-state index contributed by atoms with van der Waals surface area (Å²) in [6.45, 7) is 1.66. The van der Waals surface area contributed by atoms with Crippen LogP contribution in [-0.4, -0.2) is 18.5 Å². The highest BCUT2D eigenvalue weighted by Crippen LogP contribution is 2.16. The van der Waals surface area contributed by atoms with Gasteiger partial charge in [-0.2, -0.15) is 0 Å². The van der Waals surface area contributed by atoms with Gasteiger partial charge in [-0.25, -0.2) is 4.79 Å². The quantitative estimate of drug-likeness (QED) is 0.634. The molecule has 0 unspecified atom stereocenters. The van der Waals surface area contributed by atoms with Crippen molar-refractivity contribution in [2.45, 2.75) is 13.3 Å². The second-order valence-corrected chi connectivity index (χ2v) is 5.43. The molecule has 0 aliphatic heterocycles. The van der Waals surface area contributed by atoms with Crippen LogP contribution in [0.25, 0.3) is 6.08 Å². The van der Waals surface area contributed by atoms with E-state index in [1.807, 2.05) is 37.3 Å². The smallest absolute Gasteiger partial charge is 0.331 e. The van der Waals surface area contributed by atoms with E-state index in [9.17, 15) is 9.59 Å². The number of amides is 1. The molecule has 124 valence electrons. The molecule has 2 aromatic carbocycles. The molecule has 0 fully saturated rings. The molecule has 0 spiro atoms. The number of rotatable bonds is 6. The number of nitrogens with one attached hydrogen (secondary N) is 1. The molecule has 5 heteroatoms. The first-order valence-electron chi connectivity index (χ1n) is 7.57. The van der Waals surface area contributed by atoms with Gasteiger partial charge in [0.1, 0.15) is 0 Å². The largest absolute Gasteiger partial charge is 0.452 e. The van der Waals surface area contributed by atoms with Crippen LogP contribution in [0.3, 0.4) is 0 Å². The second-order valence-electron chi connectivity index (χ2n) is 5.02. The molecule has 1 N–H and O–H groups in total. The van der Waals surface area contributed by atoms with E-state index in [1.165, 1.54) is 6.08 Å². The number of anilines is 1. The standard InChI is InChI=1S/C19H18ClNO3/c1-2-14-7-4-6-10-17(14)21-18(22)13-24-19(23)12-11-15-8-3-5-9-16(15)20/h3-12H,2,13H2,1H3,(H,21,22)/b12-11+. The molecule has 0 aliphatic carbocycles. The first-order chi connectivity index (χ1) is 11.6. The average Bonchev–Trinajstić information content (AvgIpc) is 2.59. The van der Waals surface area contributed by atoms with Gasteiger partial charge in [-0.1, -0.05) is 54.9 Å². The highest BCUT2D eigenvalue weighted by atomic mass is 35.5. The van der Waals surface area contributed by atoms with Crippen LogP contribution in [0.4, 0.5) is 5.69 Å². The Morgan fingerprint density at radius 1 is 1.12 bits per heavy atom. The molecule has 4 nitrogen and oxygen atoms in total. The van der Waals surface area contributed by atoms with E-state index in [0.29, 0.717) is 10.6 Å². The third kappa shape index (κ3) is 5.25. The van der Waals surface area contributed by atoms with Crippen LogP contribution in [0, 0.1) is 0 Å². The molecule has 0 saturated heterocycles. The zero-order valence-corrected chi connectivity index (χ0v) is 14.0. The number of esters is 1. The molecule has 1 amide bonds. The summed E-state index contributed by atoms with van der Waals surface area (Å²) in [7, 11) is 0. The van der Waals surface area contributed by atoms with E-state index < -0.39 is 5.97 Å². The van der Waals surface area contributed by atoms with Crippen molar-refractivity contribution in [1.29, 1.82) is 0 Å². The molecule has 2 rings (SSSR count). The molecule has 2 aromatic rings. The molecule has 0 atom stereocenters. The van der Waals surface area contributed by atoms with Gasteiger partial charge in [0.2, 0.25) is 0 Å². The van der Waals surface area contributed by atoms with Crippen LogP contribution in [0.15, 0.2) is 54.6 Å². The summed E-state index contributed by atoms with van der Waals surface area (Å²) in [5.41, 5.74) is 2.46. The summed E-state index contributed by atoms with van der Waals surface area (Å²) in [4.78, 5) is 23.6. The maximum Gasteiger partial charge on any atom is 0.331 e. The fourth-order valence-electron chi connectivity index (χ4n) is 2.09. The van der Waals surface area contributed by atoms with Gasteiger partial charge in [-0.3, -0.25) is 4.79 Å². The Labute approximate surface area is 146 Å². The minimum absolute atomic E-state index is 0.344. The predicted octanol–water partition coefficient (Wildman–Crippen LogP) is 4.10. The second kappa shape index (κ2) is 8.89. The molecule has 0 radical (unpaired) electrons. The topological polar surface area (TPSA) is 55.4 Å². The lowest BCUT2D eigenvalue weighted by Gasteiger charge is -2.09. The van der Waals surface area contributed by atoms with E-state index in [0.717, 1.165) is 17.7 Å². The van der Waals surface area contributed by atoms with E-state index in [-0.39, 0.29) is 12.5 Å². The van der Waals surface area contributed by atoms with Crippen molar-refractivity contribution in [1.82, 2.24) is 0 Å². The summed E-state index contributed by atoms with van der Waals surface area (Å²) in [5.74, 6) is -0.982. The van der Waals surface area contributed by atoms with Crippen molar-refractivity contribution in [2.24, 2.45) is 0 Å². The molecular formula is C19H18ClNO3. The van der Waals surface area contributed by atoms with E-state index in [4.69, 9.17) is 16.3 Å². The summed E-state index contributed by atoms with van der Waals surface area (Å²) in [6, 6.07) is 14.6. The first-order valence-corrected chi connectivity index (χ1v) is 7.95. The molecular weight excluding hydrogens is 326 g/mol. The normalized spacial score (nSPS) is 10.6. The van der Waals surface area contributed by atoms with Crippen LogP contribution in [0.2, 0.25) is 5.02 Å². The number of halogens is 1. The number of benzene rings is 2. The molecule has 24 heavy (non-hydrogen) atoms. The molecule has 0 aliphatic rings. The molecule has 0 aromatic heterocycles. The Balaban J connectivity index is 1.85. The van der Waals surface area contributed by atoms with Crippen molar-refractivity contribution < 1.29 is 14.3 Å². The summed E-state index contributed by atoms with van der Waals surface area (Å²) in [5, 5.41) is 3.28. The van der Waals surface area contributed by atoms with E-state index in [2.05, 4.69) is 5.32 Å². The van der Waals surface area contributed by atoms with Gasteiger partial charge in [-0.05, 0) is 35.8 Å². The zero-order chi connectivity index (χ0) is 17.4. The predicted molar refractivity (Wildman–Crippen MR) is 95.9 cm³/mol. The summed E-state index contributed by atoms with van der Waals surface area (Å²) in [6.07, 6.45) is 3.60. The maximum absolute atomic E-state index is 11.9.